The number of carbonyl (C=O) groups is 2. The molecule has 0 radical (unpaired) electrons. The minimum absolute atomic E-state index is 0.106. The van der Waals surface area contributed by atoms with Crippen LogP contribution in [0, 0.1) is 25.2 Å². The Labute approximate surface area is 177 Å². The third kappa shape index (κ3) is 4.72. The molecule has 1 fully saturated rings. The van der Waals surface area contributed by atoms with Gasteiger partial charge in [0.05, 0.1) is 11.4 Å². The van der Waals surface area contributed by atoms with Gasteiger partial charge in [-0.2, -0.15) is 0 Å². The number of aryl methyl sites for hydroxylation is 2. The number of ether oxygens (including phenoxy) is 1. The lowest BCUT2D eigenvalue weighted by atomic mass is 9.91. The normalized spacial score (nSPS) is 15.6. The van der Waals surface area contributed by atoms with Crippen molar-refractivity contribution in [1.82, 2.24) is 9.88 Å². The summed E-state index contributed by atoms with van der Waals surface area (Å²) in [4.78, 5) is 31.3. The summed E-state index contributed by atoms with van der Waals surface area (Å²) in [7, 11) is 0. The molecule has 0 N–H and O–H groups in total. The number of likely N-dealkylation sites (tertiary alicyclic amines) is 1. The maximum Gasteiger partial charge on any atom is 0.309 e. The van der Waals surface area contributed by atoms with E-state index in [1.165, 1.54) is 0 Å². The molecule has 0 saturated carbocycles. The van der Waals surface area contributed by atoms with Crippen LogP contribution in [0.1, 0.15) is 50.3 Å². The fraction of sp³-hybridized carbons (Fsp3) is 0.522. The Bertz CT molecular complexity index is 941. The molecule has 0 bridgehead atoms. The Morgan fingerprint density at radius 1 is 1.21 bits per heavy atom. The number of amides is 1. The fourth-order valence-electron chi connectivity index (χ4n) is 3.66. The molecule has 156 valence electrons. The van der Waals surface area contributed by atoms with Crippen LogP contribution in [0.5, 0.6) is 0 Å². The van der Waals surface area contributed by atoms with E-state index in [9.17, 15) is 9.59 Å². The van der Waals surface area contributed by atoms with E-state index in [4.69, 9.17) is 16.3 Å². The molecule has 6 heteroatoms. The summed E-state index contributed by atoms with van der Waals surface area (Å²) in [6.07, 6.45) is 1.26. The number of pyridine rings is 1. The lowest BCUT2D eigenvalue weighted by molar-refractivity contribution is -0.154. The Morgan fingerprint density at radius 3 is 2.48 bits per heavy atom. The average molecular weight is 417 g/mol. The zero-order valence-electron chi connectivity index (χ0n) is 17.8. The predicted octanol–water partition coefficient (Wildman–Crippen LogP) is 4.83. The van der Waals surface area contributed by atoms with E-state index in [1.54, 1.807) is 0 Å². The van der Waals surface area contributed by atoms with E-state index in [2.05, 4.69) is 11.1 Å². The average Bonchev–Trinajstić information content (AvgIpc) is 2.68. The summed E-state index contributed by atoms with van der Waals surface area (Å²) >= 11 is 6.35. The van der Waals surface area contributed by atoms with Gasteiger partial charge in [-0.3, -0.25) is 9.59 Å². The quantitative estimate of drug-likeness (QED) is 0.531. The topological polar surface area (TPSA) is 59.5 Å². The van der Waals surface area contributed by atoms with Crippen LogP contribution in [0.25, 0.3) is 10.9 Å². The lowest BCUT2D eigenvalue weighted by Gasteiger charge is -2.34. The molecule has 1 aromatic heterocycles. The van der Waals surface area contributed by atoms with Crippen molar-refractivity contribution >= 4 is 34.4 Å². The van der Waals surface area contributed by atoms with Crippen LogP contribution in [-0.4, -0.2) is 34.8 Å². The minimum Gasteiger partial charge on any atom is -0.460 e. The van der Waals surface area contributed by atoms with Gasteiger partial charge in [-0.05, 0) is 43.9 Å². The Balaban J connectivity index is 1.61. The third-order valence-corrected chi connectivity index (χ3v) is 5.99. The Kier molecular flexibility index (Phi) is 6.18. The van der Waals surface area contributed by atoms with Gasteiger partial charge < -0.3 is 9.64 Å². The predicted molar refractivity (Wildman–Crippen MR) is 115 cm³/mol. The molecule has 1 aliphatic heterocycles. The molecular weight excluding hydrogens is 388 g/mol. The summed E-state index contributed by atoms with van der Waals surface area (Å²) in [5.74, 6) is -0.288. The first-order valence-electron chi connectivity index (χ1n) is 10.1. The number of hydrogen-bond donors (Lipinski definition) is 0. The zero-order valence-corrected chi connectivity index (χ0v) is 18.6. The molecule has 0 spiro atoms. The first kappa shape index (κ1) is 21.6. The maximum absolute atomic E-state index is 12.5. The highest BCUT2D eigenvalue weighted by molar-refractivity contribution is 6.30. The zero-order chi connectivity index (χ0) is 21.3. The van der Waals surface area contributed by atoms with Gasteiger partial charge >= 0.3 is 5.97 Å². The monoisotopic (exact) mass is 416 g/mol. The summed E-state index contributed by atoms with van der Waals surface area (Å²) in [6, 6.07) is 6.00. The third-order valence-electron chi connectivity index (χ3n) is 5.66. The van der Waals surface area contributed by atoms with Crippen LogP contribution in [0.3, 0.4) is 0 Å². The van der Waals surface area contributed by atoms with Gasteiger partial charge in [0.2, 0.25) is 5.91 Å². The molecule has 2 heterocycles. The van der Waals surface area contributed by atoms with Gasteiger partial charge in [-0.1, -0.05) is 44.5 Å². The van der Waals surface area contributed by atoms with E-state index >= 15 is 0 Å². The highest BCUT2D eigenvalue weighted by atomic mass is 35.5. The van der Waals surface area contributed by atoms with Gasteiger partial charge in [0.25, 0.3) is 0 Å². The Morgan fingerprint density at radius 2 is 1.86 bits per heavy atom. The number of esters is 1. The standard InChI is InChI=1S/C23H29ClN2O3/c1-14-6-7-17-12-18(20(24)25-19(17)15(14)2)13-29-21(27)16-8-10-26(11-9-16)22(28)23(3,4)5/h6-7,12,16H,8-11,13H2,1-5H3. The van der Waals surface area contributed by atoms with Crippen LogP contribution in [0.2, 0.25) is 5.15 Å². The number of fused-ring (bicyclic) bond motifs is 1. The van der Waals surface area contributed by atoms with Crippen molar-refractivity contribution in [3.05, 3.63) is 40.0 Å². The molecule has 5 nitrogen and oxygen atoms in total. The van der Waals surface area contributed by atoms with Crippen molar-refractivity contribution in [2.75, 3.05) is 13.1 Å². The van der Waals surface area contributed by atoms with E-state index < -0.39 is 5.41 Å². The number of piperidine rings is 1. The molecule has 29 heavy (non-hydrogen) atoms. The number of hydrogen-bond acceptors (Lipinski definition) is 4. The maximum atomic E-state index is 12.5. The molecule has 0 atom stereocenters. The smallest absolute Gasteiger partial charge is 0.309 e. The van der Waals surface area contributed by atoms with Crippen molar-refractivity contribution in [3.63, 3.8) is 0 Å². The first-order chi connectivity index (χ1) is 13.6. The molecule has 3 rings (SSSR count). The van der Waals surface area contributed by atoms with Crippen LogP contribution < -0.4 is 0 Å². The molecule has 0 aliphatic carbocycles. The van der Waals surface area contributed by atoms with Crippen LogP contribution in [0.15, 0.2) is 18.2 Å². The fourth-order valence-corrected chi connectivity index (χ4v) is 3.86. The summed E-state index contributed by atoms with van der Waals surface area (Å²) in [5.41, 5.74) is 3.45. The number of benzene rings is 1. The number of nitrogens with zero attached hydrogens (tertiary/aromatic N) is 2. The first-order valence-corrected chi connectivity index (χ1v) is 10.5. The van der Waals surface area contributed by atoms with Crippen molar-refractivity contribution in [2.24, 2.45) is 11.3 Å². The number of aromatic nitrogens is 1. The number of halogens is 1. The molecule has 0 unspecified atom stereocenters. The molecule has 2 aromatic rings. The number of carbonyl (C=O) groups excluding carboxylic acids is 2. The molecule has 1 amide bonds. The van der Waals surface area contributed by atoms with Crippen molar-refractivity contribution in [1.29, 1.82) is 0 Å². The summed E-state index contributed by atoms with van der Waals surface area (Å²) < 4.78 is 5.55. The van der Waals surface area contributed by atoms with Crippen molar-refractivity contribution < 1.29 is 14.3 Å². The van der Waals surface area contributed by atoms with Gasteiger partial charge in [-0.15, -0.1) is 0 Å². The van der Waals surface area contributed by atoms with Crippen LogP contribution in [0.4, 0.5) is 0 Å². The van der Waals surface area contributed by atoms with Gasteiger partial charge in [0.1, 0.15) is 11.8 Å². The molecular formula is C23H29ClN2O3. The van der Waals surface area contributed by atoms with E-state index in [0.717, 1.165) is 22.0 Å². The lowest BCUT2D eigenvalue weighted by Crippen LogP contribution is -2.45. The summed E-state index contributed by atoms with van der Waals surface area (Å²) in [6.45, 7) is 11.1. The van der Waals surface area contributed by atoms with Crippen LogP contribution in [-0.2, 0) is 20.9 Å². The highest BCUT2D eigenvalue weighted by Gasteiger charge is 2.33. The highest BCUT2D eigenvalue weighted by Crippen LogP contribution is 2.27. The second-order valence-corrected chi connectivity index (χ2v) is 9.30. The van der Waals surface area contributed by atoms with E-state index in [0.29, 0.717) is 36.6 Å². The second kappa shape index (κ2) is 8.31. The van der Waals surface area contributed by atoms with E-state index in [1.807, 2.05) is 51.7 Å². The van der Waals surface area contributed by atoms with Gasteiger partial charge in [-0.25, -0.2) is 4.98 Å². The number of rotatable bonds is 3. The molecule has 1 aliphatic rings. The minimum atomic E-state index is -0.399. The second-order valence-electron chi connectivity index (χ2n) is 8.94. The van der Waals surface area contributed by atoms with Gasteiger partial charge in [0.15, 0.2) is 0 Å². The van der Waals surface area contributed by atoms with Crippen molar-refractivity contribution in [3.8, 4) is 0 Å². The molecule has 1 aromatic carbocycles. The van der Waals surface area contributed by atoms with E-state index in [-0.39, 0.29) is 24.4 Å². The Hall–Kier alpha value is -2.14. The van der Waals surface area contributed by atoms with Crippen molar-refractivity contribution in [2.45, 2.75) is 54.1 Å². The molecule has 1 saturated heterocycles. The largest absolute Gasteiger partial charge is 0.460 e. The summed E-state index contributed by atoms with van der Waals surface area (Å²) in [5, 5.41) is 1.35. The SMILES string of the molecule is Cc1ccc2cc(COC(=O)C3CCN(C(=O)C(C)(C)C)CC3)c(Cl)nc2c1C. The van der Waals surface area contributed by atoms with Crippen LogP contribution >= 0.6 is 11.6 Å². The van der Waals surface area contributed by atoms with Gasteiger partial charge in [0, 0.05) is 29.5 Å².